The summed E-state index contributed by atoms with van der Waals surface area (Å²) in [5, 5.41) is 3.40. The first-order valence-corrected chi connectivity index (χ1v) is 6.71. The van der Waals surface area contributed by atoms with E-state index >= 15 is 0 Å². The maximum absolute atomic E-state index is 11.6. The lowest BCUT2D eigenvalue weighted by atomic mass is 9.80. The zero-order valence-corrected chi connectivity index (χ0v) is 10.9. The molecule has 0 aromatic rings. The van der Waals surface area contributed by atoms with E-state index in [9.17, 15) is 4.79 Å². The fraction of sp³-hybridized carbons (Fsp3) is 0.923. The third-order valence-electron chi connectivity index (χ3n) is 4.38. The first kappa shape index (κ1) is 12.8. The van der Waals surface area contributed by atoms with Crippen LogP contribution in [0.15, 0.2) is 0 Å². The molecule has 0 spiro atoms. The molecule has 0 bridgehead atoms. The predicted octanol–water partition coefficient (Wildman–Crippen LogP) is 0.869. The number of nitrogens with one attached hydrogen (secondary N) is 1. The van der Waals surface area contributed by atoms with Gasteiger partial charge in [0.25, 0.3) is 0 Å². The normalized spacial score (nSPS) is 32.4. The van der Waals surface area contributed by atoms with Gasteiger partial charge in [-0.1, -0.05) is 0 Å². The van der Waals surface area contributed by atoms with Gasteiger partial charge >= 0.3 is 5.97 Å². The van der Waals surface area contributed by atoms with E-state index in [0.29, 0.717) is 6.04 Å². The van der Waals surface area contributed by atoms with Crippen molar-refractivity contribution in [3.05, 3.63) is 0 Å². The summed E-state index contributed by atoms with van der Waals surface area (Å²) in [6.07, 6.45) is 4.41. The average molecular weight is 240 g/mol. The maximum atomic E-state index is 11.6. The summed E-state index contributed by atoms with van der Waals surface area (Å²) < 4.78 is 4.89. The van der Waals surface area contributed by atoms with Gasteiger partial charge in [-0.05, 0) is 58.3 Å². The molecule has 0 aromatic carbocycles. The molecule has 2 aliphatic rings. The van der Waals surface area contributed by atoms with Crippen molar-refractivity contribution < 1.29 is 9.53 Å². The van der Waals surface area contributed by atoms with E-state index in [1.807, 2.05) is 0 Å². The number of likely N-dealkylation sites (tertiary alicyclic amines) is 1. The number of methoxy groups -OCH3 is 1. The highest BCUT2D eigenvalue weighted by molar-refractivity contribution is 5.72. The molecule has 0 aliphatic carbocycles. The van der Waals surface area contributed by atoms with Gasteiger partial charge in [0.05, 0.1) is 13.0 Å². The minimum Gasteiger partial charge on any atom is -0.469 e. The molecule has 2 saturated heterocycles. The van der Waals surface area contributed by atoms with Crippen molar-refractivity contribution in [2.45, 2.75) is 31.7 Å². The van der Waals surface area contributed by atoms with E-state index in [-0.39, 0.29) is 11.9 Å². The van der Waals surface area contributed by atoms with Crippen LogP contribution >= 0.6 is 0 Å². The summed E-state index contributed by atoms with van der Waals surface area (Å²) in [6.45, 7) is 3.27. The molecule has 0 radical (unpaired) electrons. The molecular formula is C13H24N2O2. The number of carbonyl (C=O) groups excluding carboxylic acids is 1. The highest BCUT2D eigenvalue weighted by atomic mass is 16.5. The van der Waals surface area contributed by atoms with E-state index in [0.717, 1.165) is 38.4 Å². The molecular weight excluding hydrogens is 216 g/mol. The smallest absolute Gasteiger partial charge is 0.308 e. The lowest BCUT2D eigenvalue weighted by Crippen LogP contribution is -2.48. The Hall–Kier alpha value is -0.610. The lowest BCUT2D eigenvalue weighted by molar-refractivity contribution is -0.148. The zero-order valence-electron chi connectivity index (χ0n) is 10.9. The number of carbonyl (C=O) groups is 1. The van der Waals surface area contributed by atoms with Gasteiger partial charge in [0.1, 0.15) is 0 Å². The van der Waals surface area contributed by atoms with Gasteiger partial charge in [-0.3, -0.25) is 4.79 Å². The quantitative estimate of drug-likeness (QED) is 0.727. The molecule has 2 atom stereocenters. The molecule has 2 rings (SSSR count). The molecule has 17 heavy (non-hydrogen) atoms. The van der Waals surface area contributed by atoms with E-state index in [1.54, 1.807) is 0 Å². The van der Waals surface area contributed by atoms with Crippen LogP contribution in [0, 0.1) is 11.8 Å². The van der Waals surface area contributed by atoms with Gasteiger partial charge in [-0.25, -0.2) is 0 Å². The SMILES string of the molecule is COC(=O)C1CCN(C)C(C2CCNCC2)C1. The summed E-state index contributed by atoms with van der Waals surface area (Å²) in [5.41, 5.74) is 0. The first-order chi connectivity index (χ1) is 8.22. The standard InChI is InChI=1S/C13H24N2O2/c1-15-8-5-11(13(16)17-2)9-12(15)10-3-6-14-7-4-10/h10-12,14H,3-9H2,1-2H3. The highest BCUT2D eigenvalue weighted by Gasteiger charge is 2.35. The van der Waals surface area contributed by atoms with Gasteiger partial charge in [0.2, 0.25) is 0 Å². The second-order valence-corrected chi connectivity index (χ2v) is 5.38. The molecule has 98 valence electrons. The number of hydrogen-bond donors (Lipinski definition) is 1. The molecule has 0 saturated carbocycles. The molecule has 2 aliphatic heterocycles. The van der Waals surface area contributed by atoms with Gasteiger partial charge in [-0.15, -0.1) is 0 Å². The van der Waals surface area contributed by atoms with Crippen molar-refractivity contribution >= 4 is 5.97 Å². The van der Waals surface area contributed by atoms with Crippen molar-refractivity contribution in [2.75, 3.05) is 33.8 Å². The summed E-state index contributed by atoms with van der Waals surface area (Å²) >= 11 is 0. The third kappa shape index (κ3) is 2.99. The topological polar surface area (TPSA) is 41.6 Å². The number of hydrogen-bond acceptors (Lipinski definition) is 4. The highest BCUT2D eigenvalue weighted by Crippen LogP contribution is 2.31. The second kappa shape index (κ2) is 5.83. The van der Waals surface area contributed by atoms with E-state index in [2.05, 4.69) is 17.3 Å². The fourth-order valence-corrected chi connectivity index (χ4v) is 3.28. The van der Waals surface area contributed by atoms with Crippen LogP contribution in [0.2, 0.25) is 0 Å². The molecule has 1 N–H and O–H groups in total. The van der Waals surface area contributed by atoms with Gasteiger partial charge in [-0.2, -0.15) is 0 Å². The van der Waals surface area contributed by atoms with E-state index in [1.165, 1.54) is 20.0 Å². The Bertz CT molecular complexity index is 264. The van der Waals surface area contributed by atoms with Gasteiger partial charge in [0.15, 0.2) is 0 Å². The van der Waals surface area contributed by atoms with Crippen LogP contribution in [-0.2, 0) is 9.53 Å². The van der Waals surface area contributed by atoms with Crippen molar-refractivity contribution in [2.24, 2.45) is 11.8 Å². The van der Waals surface area contributed by atoms with Crippen LogP contribution in [0.3, 0.4) is 0 Å². The Labute approximate surface area is 104 Å². The first-order valence-electron chi connectivity index (χ1n) is 6.71. The molecule has 2 unspecified atom stereocenters. The maximum Gasteiger partial charge on any atom is 0.308 e. The lowest BCUT2D eigenvalue weighted by Gasteiger charge is -2.42. The largest absolute Gasteiger partial charge is 0.469 e. The fourth-order valence-electron chi connectivity index (χ4n) is 3.28. The number of rotatable bonds is 2. The third-order valence-corrected chi connectivity index (χ3v) is 4.38. The van der Waals surface area contributed by atoms with Crippen molar-refractivity contribution in [1.29, 1.82) is 0 Å². The van der Waals surface area contributed by atoms with Crippen LogP contribution in [0.1, 0.15) is 25.7 Å². The van der Waals surface area contributed by atoms with Crippen molar-refractivity contribution in [3.63, 3.8) is 0 Å². The predicted molar refractivity (Wildman–Crippen MR) is 66.8 cm³/mol. The molecule has 4 heteroatoms. The number of nitrogens with zero attached hydrogens (tertiary/aromatic N) is 1. The Morgan fingerprint density at radius 2 is 2.00 bits per heavy atom. The molecule has 0 amide bonds. The van der Waals surface area contributed by atoms with Gasteiger partial charge in [0, 0.05) is 6.04 Å². The molecule has 4 nitrogen and oxygen atoms in total. The Balaban J connectivity index is 1.96. The summed E-state index contributed by atoms with van der Waals surface area (Å²) in [6, 6.07) is 0.565. The summed E-state index contributed by atoms with van der Waals surface area (Å²) in [4.78, 5) is 14.1. The summed E-state index contributed by atoms with van der Waals surface area (Å²) in [7, 11) is 3.69. The average Bonchev–Trinajstić information content (AvgIpc) is 2.39. The van der Waals surface area contributed by atoms with Crippen LogP contribution in [0.25, 0.3) is 0 Å². The zero-order chi connectivity index (χ0) is 12.3. The second-order valence-electron chi connectivity index (χ2n) is 5.38. The van der Waals surface area contributed by atoms with Crippen LogP contribution in [-0.4, -0.2) is 50.7 Å². The van der Waals surface area contributed by atoms with Crippen LogP contribution < -0.4 is 5.32 Å². The number of esters is 1. The molecule has 2 heterocycles. The monoisotopic (exact) mass is 240 g/mol. The van der Waals surface area contributed by atoms with Crippen molar-refractivity contribution in [3.8, 4) is 0 Å². The Kier molecular flexibility index (Phi) is 4.40. The number of ether oxygens (including phenoxy) is 1. The van der Waals surface area contributed by atoms with Gasteiger partial charge < -0.3 is 15.0 Å². The Morgan fingerprint density at radius 1 is 1.29 bits per heavy atom. The minimum atomic E-state index is -0.0166. The molecule has 2 fully saturated rings. The van der Waals surface area contributed by atoms with Crippen LogP contribution in [0.4, 0.5) is 0 Å². The van der Waals surface area contributed by atoms with E-state index in [4.69, 9.17) is 4.74 Å². The molecule has 0 aromatic heterocycles. The number of piperidine rings is 2. The summed E-state index contributed by atoms with van der Waals surface area (Å²) in [5.74, 6) is 0.849. The Morgan fingerprint density at radius 3 is 2.65 bits per heavy atom. The van der Waals surface area contributed by atoms with Crippen molar-refractivity contribution in [1.82, 2.24) is 10.2 Å². The van der Waals surface area contributed by atoms with E-state index < -0.39 is 0 Å². The van der Waals surface area contributed by atoms with Crippen LogP contribution in [0.5, 0.6) is 0 Å². The minimum absolute atomic E-state index is 0.0166.